The minimum atomic E-state index is -2.36. The van der Waals surface area contributed by atoms with E-state index in [4.69, 9.17) is 9.16 Å². The number of rotatable bonds is 11. The lowest BCUT2D eigenvalue weighted by atomic mass is 10.3. The van der Waals surface area contributed by atoms with E-state index in [0.717, 1.165) is 30.1 Å². The highest BCUT2D eigenvalue weighted by atomic mass is 31.2. The summed E-state index contributed by atoms with van der Waals surface area (Å²) in [5.41, 5.74) is 0. The lowest BCUT2D eigenvalue weighted by Gasteiger charge is -2.29. The van der Waals surface area contributed by atoms with Gasteiger partial charge >= 0.3 is 0 Å². The van der Waals surface area contributed by atoms with Gasteiger partial charge in [-0.05, 0) is 81.0 Å². The molecule has 4 aromatic rings. The zero-order valence-electron chi connectivity index (χ0n) is 21.4. The van der Waals surface area contributed by atoms with Crippen molar-refractivity contribution in [2.24, 2.45) is 0 Å². The van der Waals surface area contributed by atoms with Crippen LogP contribution in [0.2, 0.25) is 19.1 Å². The second kappa shape index (κ2) is 11.9. The summed E-state index contributed by atoms with van der Waals surface area (Å²) in [6.07, 6.45) is 0.937. The highest BCUT2D eigenvalue weighted by Gasteiger charge is 2.50. The Kier molecular flexibility index (Phi) is 8.63. The van der Waals surface area contributed by atoms with Crippen molar-refractivity contribution < 1.29 is 14.3 Å². The first-order valence-corrected chi connectivity index (χ1v) is 17.5. The van der Waals surface area contributed by atoms with Crippen molar-refractivity contribution >= 4 is 36.8 Å². The smallest absolute Gasteiger partial charge is 0.186 e. The molecule has 0 radical (unpaired) electrons. The maximum Gasteiger partial charge on any atom is 0.186 e. The molecule has 4 aromatic carbocycles. The van der Waals surface area contributed by atoms with Gasteiger partial charge in [0, 0.05) is 12.7 Å². The highest BCUT2D eigenvalue weighted by Crippen LogP contribution is 2.56. The fourth-order valence-electron chi connectivity index (χ4n) is 4.85. The molecule has 36 heavy (non-hydrogen) atoms. The molecule has 0 heterocycles. The van der Waals surface area contributed by atoms with E-state index in [0.29, 0.717) is 6.61 Å². The topological polar surface area (TPSA) is 38.7 Å². The number of aromatic hydroxyl groups is 1. The summed E-state index contributed by atoms with van der Waals surface area (Å²) in [7, 11) is -4.03. The van der Waals surface area contributed by atoms with E-state index >= 15 is 0 Å². The first kappa shape index (κ1) is 26.2. The first-order valence-electron chi connectivity index (χ1n) is 12.6. The number of phenols is 1. The quantitative estimate of drug-likeness (QED) is 0.151. The van der Waals surface area contributed by atoms with Crippen LogP contribution in [-0.4, -0.2) is 26.6 Å². The summed E-state index contributed by atoms with van der Waals surface area (Å²) in [5.74, 6) is 1.07. The van der Waals surface area contributed by atoms with Gasteiger partial charge < -0.3 is 14.3 Å². The van der Waals surface area contributed by atoms with Crippen molar-refractivity contribution in [3.63, 3.8) is 0 Å². The molecular weight excluding hydrogens is 479 g/mol. The molecule has 1 N–H and O–H groups in total. The number of hydrogen-bond acceptors (Lipinski definition) is 3. The van der Waals surface area contributed by atoms with Crippen LogP contribution in [0.15, 0.2) is 109 Å². The molecule has 0 aliphatic rings. The normalized spacial score (nSPS) is 11.9. The van der Waals surface area contributed by atoms with Crippen LogP contribution in [-0.2, 0) is 4.43 Å². The maximum atomic E-state index is 10.7. The third-order valence-electron chi connectivity index (χ3n) is 6.45. The molecular formula is C31H36O3PSi+. The predicted octanol–water partition coefficient (Wildman–Crippen LogP) is 6.02. The Morgan fingerprint density at radius 3 is 1.69 bits per heavy atom. The van der Waals surface area contributed by atoms with Gasteiger partial charge in [0.25, 0.3) is 0 Å². The lowest BCUT2D eigenvalue weighted by Crippen LogP contribution is -2.39. The molecule has 0 spiro atoms. The van der Waals surface area contributed by atoms with E-state index in [9.17, 15) is 5.11 Å². The van der Waals surface area contributed by atoms with Crippen molar-refractivity contribution in [2.75, 3.05) is 13.2 Å². The average molecular weight is 516 g/mol. The molecule has 0 saturated heterocycles. The van der Waals surface area contributed by atoms with Crippen LogP contribution < -0.4 is 26.0 Å². The first-order chi connectivity index (χ1) is 17.5. The third-order valence-corrected chi connectivity index (χ3v) is 13.4. The summed E-state index contributed by atoms with van der Waals surface area (Å²) in [4.78, 5) is 0. The van der Waals surface area contributed by atoms with Gasteiger partial charge in [-0.3, -0.25) is 0 Å². The Bertz CT molecular complexity index is 1130. The molecule has 0 unspecified atom stereocenters. The highest BCUT2D eigenvalue weighted by molar-refractivity contribution is 8.01. The van der Waals surface area contributed by atoms with E-state index in [-0.39, 0.29) is 5.75 Å². The second-order valence-corrected chi connectivity index (χ2v) is 17.2. The molecule has 0 saturated carbocycles. The Labute approximate surface area is 217 Å². The Hall–Kier alpha value is -2.91. The number of hydrogen-bond donors (Lipinski definition) is 1. The fraction of sp³-hybridized carbons (Fsp3) is 0.226. The Morgan fingerprint density at radius 1 is 0.722 bits per heavy atom. The number of phenolic OH excluding ortho intramolecular Hbond substituents is 1. The van der Waals surface area contributed by atoms with Crippen LogP contribution >= 0.6 is 7.26 Å². The van der Waals surface area contributed by atoms with E-state index in [1.54, 1.807) is 6.07 Å². The SMILES string of the molecule is CCO[Si](C)(C)CCCOc1ccc(O)cc1[P+](c1ccccc1)(c1ccccc1)c1ccccc1. The van der Waals surface area contributed by atoms with Crippen LogP contribution in [0.1, 0.15) is 13.3 Å². The van der Waals surface area contributed by atoms with Gasteiger partial charge in [0.05, 0.1) is 6.61 Å². The summed E-state index contributed by atoms with van der Waals surface area (Å²) in [6.45, 7) is 7.96. The summed E-state index contributed by atoms with van der Waals surface area (Å²) in [6, 6.07) is 38.6. The largest absolute Gasteiger partial charge is 0.508 e. The third kappa shape index (κ3) is 5.73. The van der Waals surface area contributed by atoms with Crippen LogP contribution in [0, 0.1) is 0 Å². The Balaban J connectivity index is 1.86. The minimum absolute atomic E-state index is 0.245. The minimum Gasteiger partial charge on any atom is -0.508 e. The molecule has 5 heteroatoms. The monoisotopic (exact) mass is 515 g/mol. The van der Waals surface area contributed by atoms with E-state index < -0.39 is 15.6 Å². The van der Waals surface area contributed by atoms with E-state index in [2.05, 4.69) is 111 Å². The number of ether oxygens (including phenoxy) is 1. The van der Waals surface area contributed by atoms with Crippen molar-refractivity contribution in [3.05, 3.63) is 109 Å². The second-order valence-electron chi connectivity index (χ2n) is 9.47. The van der Waals surface area contributed by atoms with Crippen molar-refractivity contribution in [1.29, 1.82) is 0 Å². The number of benzene rings is 4. The molecule has 0 amide bonds. The van der Waals surface area contributed by atoms with Gasteiger partial charge in [-0.25, -0.2) is 0 Å². The average Bonchev–Trinajstić information content (AvgIpc) is 2.90. The maximum absolute atomic E-state index is 10.7. The van der Waals surface area contributed by atoms with Crippen LogP contribution in [0.5, 0.6) is 11.5 Å². The van der Waals surface area contributed by atoms with Gasteiger partial charge in [0.15, 0.2) is 19.4 Å². The molecule has 0 fully saturated rings. The molecule has 0 aliphatic carbocycles. The van der Waals surface area contributed by atoms with E-state index in [1.165, 1.54) is 15.9 Å². The molecule has 3 nitrogen and oxygen atoms in total. The molecule has 0 atom stereocenters. The van der Waals surface area contributed by atoms with Crippen molar-refractivity contribution in [2.45, 2.75) is 32.5 Å². The van der Waals surface area contributed by atoms with Gasteiger partial charge in [0.1, 0.15) is 28.9 Å². The van der Waals surface area contributed by atoms with Gasteiger partial charge in [-0.2, -0.15) is 0 Å². The predicted molar refractivity (Wildman–Crippen MR) is 157 cm³/mol. The summed E-state index contributed by atoms with van der Waals surface area (Å²) < 4.78 is 12.5. The van der Waals surface area contributed by atoms with Crippen LogP contribution in [0.3, 0.4) is 0 Å². The fourth-order valence-corrected chi connectivity index (χ4v) is 11.2. The van der Waals surface area contributed by atoms with Crippen LogP contribution in [0.25, 0.3) is 0 Å². The molecule has 0 aliphatic heterocycles. The standard InChI is InChI=1S/C31H35O3PSi/c1-4-34-36(2,3)24-14-23-33-30-22-21-26(32)25-31(30)35(27-15-8-5-9-16-27,28-17-10-6-11-18-28)29-19-12-7-13-20-29/h5-13,15-22,25H,4,14,23-24H2,1-3H3/p+1. The summed E-state index contributed by atoms with van der Waals surface area (Å²) in [5, 5.41) is 15.4. The van der Waals surface area contributed by atoms with Gasteiger partial charge in [0.2, 0.25) is 0 Å². The molecule has 186 valence electrons. The van der Waals surface area contributed by atoms with Crippen LogP contribution in [0.4, 0.5) is 0 Å². The van der Waals surface area contributed by atoms with Crippen molar-refractivity contribution in [3.8, 4) is 11.5 Å². The van der Waals surface area contributed by atoms with Crippen molar-refractivity contribution in [1.82, 2.24) is 0 Å². The lowest BCUT2D eigenvalue weighted by molar-refractivity contribution is 0.302. The van der Waals surface area contributed by atoms with Gasteiger partial charge in [-0.15, -0.1) is 0 Å². The van der Waals surface area contributed by atoms with Gasteiger partial charge in [-0.1, -0.05) is 54.6 Å². The van der Waals surface area contributed by atoms with E-state index in [1.807, 2.05) is 12.1 Å². The molecule has 0 bridgehead atoms. The zero-order valence-corrected chi connectivity index (χ0v) is 23.3. The molecule has 0 aromatic heterocycles. The summed E-state index contributed by atoms with van der Waals surface area (Å²) >= 11 is 0. The molecule has 4 rings (SSSR count). The Morgan fingerprint density at radius 2 is 1.22 bits per heavy atom. The zero-order chi connectivity index (χ0) is 25.4.